The monoisotopic (exact) mass is 310 g/mol. The van der Waals surface area contributed by atoms with Crippen LogP contribution in [0.4, 0.5) is 0 Å². The van der Waals surface area contributed by atoms with E-state index in [-0.39, 0.29) is 11.9 Å². The summed E-state index contributed by atoms with van der Waals surface area (Å²) >= 11 is 3.09. The van der Waals surface area contributed by atoms with Crippen LogP contribution in [0.1, 0.15) is 46.1 Å². The third-order valence-corrected chi connectivity index (χ3v) is 4.73. The summed E-state index contributed by atoms with van der Waals surface area (Å²) in [5.41, 5.74) is 6.83. The lowest BCUT2D eigenvalue weighted by Gasteiger charge is -2.10. The van der Waals surface area contributed by atoms with Crippen molar-refractivity contribution >= 4 is 28.6 Å². The summed E-state index contributed by atoms with van der Waals surface area (Å²) in [6.45, 7) is 4.54. The zero-order valence-corrected chi connectivity index (χ0v) is 13.2. The minimum absolute atomic E-state index is 0.112. The molecule has 0 saturated heterocycles. The Balaban J connectivity index is 1.99. The second-order valence-electron chi connectivity index (χ2n) is 4.38. The number of hydrogen-bond acceptors (Lipinski definition) is 6. The Morgan fingerprint density at radius 3 is 2.75 bits per heavy atom. The summed E-state index contributed by atoms with van der Waals surface area (Å²) in [6.07, 6.45) is 1.62. The van der Waals surface area contributed by atoms with Crippen LogP contribution in [0.15, 0.2) is 10.8 Å². The highest BCUT2D eigenvalue weighted by molar-refractivity contribution is 7.10. The maximum Gasteiger partial charge on any atom is 0.271 e. The summed E-state index contributed by atoms with van der Waals surface area (Å²) in [6, 6.07) is -0.112. The fourth-order valence-corrected chi connectivity index (χ4v) is 3.32. The first-order valence-corrected chi connectivity index (χ1v) is 8.29. The maximum atomic E-state index is 12.1. The van der Waals surface area contributed by atoms with Crippen LogP contribution in [0, 0.1) is 0 Å². The van der Waals surface area contributed by atoms with Crippen LogP contribution in [-0.2, 0) is 12.8 Å². The molecule has 0 bridgehead atoms. The molecule has 0 saturated carbocycles. The quantitative estimate of drug-likeness (QED) is 0.856. The van der Waals surface area contributed by atoms with E-state index in [1.54, 1.807) is 16.7 Å². The normalized spacial score (nSPS) is 12.3. The van der Waals surface area contributed by atoms with Gasteiger partial charge < -0.3 is 11.1 Å². The lowest BCUT2D eigenvalue weighted by molar-refractivity contribution is 0.0934. The van der Waals surface area contributed by atoms with Crippen LogP contribution in [0.5, 0.6) is 0 Å². The predicted octanol–water partition coefficient (Wildman–Crippen LogP) is 2.15. The first-order valence-electron chi connectivity index (χ1n) is 6.53. The number of rotatable bonds is 6. The van der Waals surface area contributed by atoms with Crippen molar-refractivity contribution in [1.29, 1.82) is 0 Å². The van der Waals surface area contributed by atoms with Crippen LogP contribution >= 0.6 is 22.7 Å². The molecule has 2 heterocycles. The van der Waals surface area contributed by atoms with Crippen molar-refractivity contribution in [3.8, 4) is 0 Å². The van der Waals surface area contributed by atoms with E-state index < -0.39 is 0 Å². The van der Waals surface area contributed by atoms with E-state index in [2.05, 4.69) is 22.2 Å². The van der Waals surface area contributed by atoms with Crippen molar-refractivity contribution in [3.63, 3.8) is 0 Å². The Kier molecular flexibility index (Phi) is 5.22. The number of carbonyl (C=O) groups excluding carboxylic acids is 1. The van der Waals surface area contributed by atoms with E-state index in [1.807, 2.05) is 12.3 Å². The zero-order chi connectivity index (χ0) is 14.5. The van der Waals surface area contributed by atoms with Crippen molar-refractivity contribution in [2.24, 2.45) is 5.73 Å². The molecule has 0 aliphatic heterocycles. The number of nitrogens with zero attached hydrogens (tertiary/aromatic N) is 2. The summed E-state index contributed by atoms with van der Waals surface area (Å²) < 4.78 is 0. The van der Waals surface area contributed by atoms with Gasteiger partial charge in [-0.05, 0) is 19.9 Å². The van der Waals surface area contributed by atoms with Crippen molar-refractivity contribution in [1.82, 2.24) is 15.3 Å². The first kappa shape index (κ1) is 15.1. The van der Waals surface area contributed by atoms with Gasteiger partial charge in [-0.25, -0.2) is 9.97 Å². The second-order valence-corrected chi connectivity index (χ2v) is 6.27. The molecule has 108 valence electrons. The van der Waals surface area contributed by atoms with Crippen LogP contribution in [-0.4, -0.2) is 22.4 Å². The zero-order valence-electron chi connectivity index (χ0n) is 11.5. The molecule has 2 aromatic rings. The van der Waals surface area contributed by atoms with Gasteiger partial charge in [0.05, 0.1) is 21.8 Å². The Hall–Kier alpha value is -1.31. The SMILES string of the molecule is CCc1nc(C(C)NC(=O)c2csc(CCN)n2)cs1. The summed E-state index contributed by atoms with van der Waals surface area (Å²) in [5, 5.41) is 8.66. The van der Waals surface area contributed by atoms with Gasteiger partial charge in [0, 0.05) is 17.2 Å². The van der Waals surface area contributed by atoms with E-state index in [9.17, 15) is 4.79 Å². The van der Waals surface area contributed by atoms with Gasteiger partial charge in [-0.3, -0.25) is 4.79 Å². The van der Waals surface area contributed by atoms with Gasteiger partial charge >= 0.3 is 0 Å². The standard InChI is InChI=1S/C13H18N4OS2/c1-3-11-16-9(6-19-11)8(2)15-13(18)10-7-20-12(17-10)4-5-14/h6-8H,3-5,14H2,1-2H3,(H,15,18). The number of nitrogens with one attached hydrogen (secondary N) is 1. The molecule has 3 N–H and O–H groups in total. The van der Waals surface area contributed by atoms with Gasteiger partial charge in [0.15, 0.2) is 0 Å². The highest BCUT2D eigenvalue weighted by atomic mass is 32.1. The topological polar surface area (TPSA) is 80.9 Å². The molecule has 2 aromatic heterocycles. The number of hydrogen-bond donors (Lipinski definition) is 2. The molecule has 0 spiro atoms. The Morgan fingerprint density at radius 2 is 2.10 bits per heavy atom. The van der Waals surface area contributed by atoms with E-state index in [0.29, 0.717) is 18.7 Å². The number of thiazole rings is 2. The molecule has 7 heteroatoms. The van der Waals surface area contributed by atoms with Gasteiger partial charge in [0.25, 0.3) is 5.91 Å². The van der Waals surface area contributed by atoms with Gasteiger partial charge in [0.1, 0.15) is 5.69 Å². The average molecular weight is 310 g/mol. The largest absolute Gasteiger partial charge is 0.343 e. The lowest BCUT2D eigenvalue weighted by atomic mass is 10.2. The van der Waals surface area contributed by atoms with E-state index >= 15 is 0 Å². The fraction of sp³-hybridized carbons (Fsp3) is 0.462. The molecule has 1 amide bonds. The molecule has 20 heavy (non-hydrogen) atoms. The van der Waals surface area contributed by atoms with Crippen LogP contribution in [0.3, 0.4) is 0 Å². The van der Waals surface area contributed by atoms with Crippen molar-refractivity contribution < 1.29 is 4.79 Å². The number of aromatic nitrogens is 2. The molecule has 1 unspecified atom stereocenters. The molecular weight excluding hydrogens is 292 g/mol. The molecule has 0 fully saturated rings. The van der Waals surface area contributed by atoms with Gasteiger partial charge in [-0.2, -0.15) is 0 Å². The number of carbonyl (C=O) groups is 1. The fourth-order valence-electron chi connectivity index (χ4n) is 1.68. The Labute approximate surface area is 126 Å². The third-order valence-electron chi connectivity index (χ3n) is 2.81. The molecule has 0 radical (unpaired) electrons. The minimum atomic E-state index is -0.164. The van der Waals surface area contributed by atoms with E-state index in [1.165, 1.54) is 11.3 Å². The number of amides is 1. The summed E-state index contributed by atoms with van der Waals surface area (Å²) in [4.78, 5) is 20.9. The average Bonchev–Trinajstić information content (AvgIpc) is 3.07. The first-order chi connectivity index (χ1) is 9.63. The molecule has 0 aliphatic carbocycles. The Bertz CT molecular complexity index is 578. The second kappa shape index (κ2) is 6.92. The molecule has 5 nitrogen and oxygen atoms in total. The van der Waals surface area contributed by atoms with E-state index in [0.717, 1.165) is 22.1 Å². The molecule has 0 aromatic carbocycles. The van der Waals surface area contributed by atoms with Crippen LogP contribution in [0.25, 0.3) is 0 Å². The molecule has 0 aliphatic rings. The third kappa shape index (κ3) is 3.62. The van der Waals surface area contributed by atoms with Crippen LogP contribution in [0.2, 0.25) is 0 Å². The summed E-state index contributed by atoms with van der Waals surface area (Å²) in [5.74, 6) is -0.164. The smallest absolute Gasteiger partial charge is 0.271 e. The highest BCUT2D eigenvalue weighted by Crippen LogP contribution is 2.18. The lowest BCUT2D eigenvalue weighted by Crippen LogP contribution is -2.27. The van der Waals surface area contributed by atoms with Gasteiger partial charge in [-0.15, -0.1) is 22.7 Å². The van der Waals surface area contributed by atoms with E-state index in [4.69, 9.17) is 5.73 Å². The van der Waals surface area contributed by atoms with Crippen molar-refractivity contribution in [2.75, 3.05) is 6.54 Å². The molecule has 1 atom stereocenters. The number of nitrogens with two attached hydrogens (primary N) is 1. The minimum Gasteiger partial charge on any atom is -0.343 e. The molecule has 2 rings (SSSR count). The van der Waals surface area contributed by atoms with Crippen molar-refractivity contribution in [2.45, 2.75) is 32.7 Å². The van der Waals surface area contributed by atoms with Crippen LogP contribution < -0.4 is 11.1 Å². The van der Waals surface area contributed by atoms with Gasteiger partial charge in [-0.1, -0.05) is 6.92 Å². The summed E-state index contributed by atoms with van der Waals surface area (Å²) in [7, 11) is 0. The Morgan fingerprint density at radius 1 is 1.35 bits per heavy atom. The number of aryl methyl sites for hydroxylation is 1. The maximum absolute atomic E-state index is 12.1. The highest BCUT2D eigenvalue weighted by Gasteiger charge is 2.16. The van der Waals surface area contributed by atoms with Crippen molar-refractivity contribution in [3.05, 3.63) is 32.2 Å². The van der Waals surface area contributed by atoms with Gasteiger partial charge in [0.2, 0.25) is 0 Å². The molecular formula is C13H18N4OS2. The predicted molar refractivity (Wildman–Crippen MR) is 82.2 cm³/mol.